The van der Waals surface area contributed by atoms with Gasteiger partial charge in [-0.15, -0.1) is 11.3 Å². The van der Waals surface area contributed by atoms with E-state index in [0.29, 0.717) is 34.7 Å². The molecular weight excluding hydrogens is 362 g/mol. The molecule has 1 N–H and O–H groups in total. The Morgan fingerprint density at radius 2 is 2.06 bits per heavy atom. The van der Waals surface area contributed by atoms with Crippen molar-refractivity contribution >= 4 is 48.9 Å². The maximum atomic E-state index is 12.3. The van der Waals surface area contributed by atoms with Crippen LogP contribution < -0.4 is 0 Å². The maximum absolute atomic E-state index is 12.3. The molecule has 1 aromatic rings. The Hall–Kier alpha value is 0.340. The van der Waals surface area contributed by atoms with Gasteiger partial charge in [-0.3, -0.25) is 0 Å². The topological polar surface area (TPSA) is 57.6 Å². The number of halogens is 2. The summed E-state index contributed by atoms with van der Waals surface area (Å²) in [7, 11) is -3.49. The second-order valence-corrected chi connectivity index (χ2v) is 9.53. The van der Waals surface area contributed by atoms with E-state index in [2.05, 4.69) is 15.9 Å². The summed E-state index contributed by atoms with van der Waals surface area (Å²) in [5.41, 5.74) is -0.764. The Bertz CT molecular complexity index is 526. The summed E-state index contributed by atoms with van der Waals surface area (Å²) >= 11 is 10.2. The quantitative estimate of drug-likeness (QED) is 0.866. The first-order chi connectivity index (χ1) is 8.22. The molecule has 1 saturated heterocycles. The predicted octanol–water partition coefficient (Wildman–Crippen LogP) is 2.70. The Balaban J connectivity index is 2.22. The first-order valence-corrected chi connectivity index (χ1v) is 8.82. The van der Waals surface area contributed by atoms with E-state index in [1.807, 2.05) is 0 Å². The third kappa shape index (κ3) is 2.91. The smallest absolute Gasteiger partial charge is 0.252 e. The van der Waals surface area contributed by atoms with E-state index < -0.39 is 15.6 Å². The van der Waals surface area contributed by atoms with Gasteiger partial charge in [0.1, 0.15) is 4.21 Å². The molecule has 1 aromatic heterocycles. The van der Waals surface area contributed by atoms with E-state index in [1.165, 1.54) is 10.4 Å². The van der Waals surface area contributed by atoms with Crippen LogP contribution in [0.2, 0.25) is 5.02 Å². The Kier molecular flexibility index (Phi) is 4.12. The summed E-state index contributed by atoms with van der Waals surface area (Å²) < 4.78 is 26.9. The van der Waals surface area contributed by atoms with Crippen LogP contribution in [0.4, 0.5) is 0 Å². The lowest BCUT2D eigenvalue weighted by molar-refractivity contribution is 0.0126. The van der Waals surface area contributed by atoms with Crippen LogP contribution in [-0.2, 0) is 10.0 Å². The van der Waals surface area contributed by atoms with E-state index in [1.54, 1.807) is 6.92 Å². The highest BCUT2D eigenvalue weighted by atomic mass is 79.9. The monoisotopic (exact) mass is 373 g/mol. The molecule has 2 heterocycles. The molecule has 0 atom stereocenters. The van der Waals surface area contributed by atoms with Crippen LogP contribution in [0.15, 0.2) is 14.1 Å². The van der Waals surface area contributed by atoms with Gasteiger partial charge in [-0.1, -0.05) is 11.6 Å². The summed E-state index contributed by atoms with van der Waals surface area (Å²) in [6.45, 7) is 2.40. The third-order valence-corrected chi connectivity index (χ3v) is 7.84. The highest BCUT2D eigenvalue weighted by molar-refractivity contribution is 9.11. The molecule has 4 nitrogen and oxygen atoms in total. The summed E-state index contributed by atoms with van der Waals surface area (Å²) in [5.74, 6) is 0. The van der Waals surface area contributed by atoms with Gasteiger partial charge in [0.15, 0.2) is 0 Å². The van der Waals surface area contributed by atoms with Crippen LogP contribution in [0, 0.1) is 0 Å². The van der Waals surface area contributed by atoms with Crippen molar-refractivity contribution in [3.05, 3.63) is 14.9 Å². The first-order valence-electron chi connectivity index (χ1n) is 5.40. The van der Waals surface area contributed by atoms with Gasteiger partial charge in [0.25, 0.3) is 10.0 Å². The minimum Gasteiger partial charge on any atom is -0.390 e. The van der Waals surface area contributed by atoms with E-state index in [9.17, 15) is 13.5 Å². The molecule has 1 fully saturated rings. The molecule has 102 valence electrons. The maximum Gasteiger partial charge on any atom is 0.252 e. The van der Waals surface area contributed by atoms with Crippen molar-refractivity contribution in [3.63, 3.8) is 0 Å². The lowest BCUT2D eigenvalue weighted by atomic mass is 9.95. The van der Waals surface area contributed by atoms with Crippen LogP contribution in [0.1, 0.15) is 19.8 Å². The van der Waals surface area contributed by atoms with Crippen molar-refractivity contribution in [2.75, 3.05) is 13.1 Å². The number of thiophene rings is 1. The Morgan fingerprint density at radius 1 is 1.50 bits per heavy atom. The van der Waals surface area contributed by atoms with Crippen molar-refractivity contribution in [1.29, 1.82) is 0 Å². The second-order valence-electron chi connectivity index (χ2n) is 4.59. The number of hydrogen-bond donors (Lipinski definition) is 1. The molecule has 0 aliphatic carbocycles. The SMILES string of the molecule is CC1(O)CCN(S(=O)(=O)c2cc(Cl)c(Br)s2)CC1. The minimum absolute atomic E-state index is 0.237. The molecule has 0 unspecified atom stereocenters. The lowest BCUT2D eigenvalue weighted by Gasteiger charge is -2.34. The molecular formula is C10H13BrClNO3S2. The summed E-state index contributed by atoms with van der Waals surface area (Å²) in [5, 5.41) is 10.2. The van der Waals surface area contributed by atoms with Gasteiger partial charge in [0.05, 0.1) is 14.4 Å². The number of rotatable bonds is 2. The third-order valence-electron chi connectivity index (χ3n) is 3.02. The van der Waals surface area contributed by atoms with Gasteiger partial charge in [0.2, 0.25) is 0 Å². The Labute approximate surface area is 124 Å². The van der Waals surface area contributed by atoms with E-state index in [4.69, 9.17) is 11.6 Å². The van der Waals surface area contributed by atoms with Gasteiger partial charge in [-0.25, -0.2) is 8.42 Å². The van der Waals surface area contributed by atoms with Crippen LogP contribution >= 0.6 is 38.9 Å². The summed E-state index contributed by atoms with van der Waals surface area (Å²) in [6, 6.07) is 1.46. The standard InChI is InChI=1S/C10H13BrClNO3S2/c1-10(14)2-4-13(5-3-10)18(15,16)8-6-7(12)9(11)17-8/h6,14H,2-5H2,1H3. The molecule has 1 aliphatic rings. The van der Waals surface area contributed by atoms with Crippen molar-refractivity contribution in [3.8, 4) is 0 Å². The zero-order valence-electron chi connectivity index (χ0n) is 9.69. The lowest BCUT2D eigenvalue weighted by Crippen LogP contribution is -2.44. The van der Waals surface area contributed by atoms with Crippen molar-refractivity contribution in [1.82, 2.24) is 4.31 Å². The van der Waals surface area contributed by atoms with Gasteiger partial charge >= 0.3 is 0 Å². The van der Waals surface area contributed by atoms with Crippen LogP contribution in [-0.4, -0.2) is 36.5 Å². The van der Waals surface area contributed by atoms with Crippen LogP contribution in [0.5, 0.6) is 0 Å². The molecule has 1 aliphatic heterocycles. The zero-order valence-corrected chi connectivity index (χ0v) is 13.7. The number of sulfonamides is 1. The average molecular weight is 375 g/mol. The molecule has 2 rings (SSSR count). The molecule has 0 radical (unpaired) electrons. The van der Waals surface area contributed by atoms with Crippen molar-refractivity contribution in [2.45, 2.75) is 29.6 Å². The molecule has 8 heteroatoms. The van der Waals surface area contributed by atoms with Crippen LogP contribution in [0.25, 0.3) is 0 Å². The summed E-state index contributed by atoms with van der Waals surface area (Å²) in [6.07, 6.45) is 0.902. The molecule has 0 amide bonds. The first kappa shape index (κ1) is 14.7. The van der Waals surface area contributed by atoms with Crippen molar-refractivity contribution in [2.24, 2.45) is 0 Å². The highest BCUT2D eigenvalue weighted by Crippen LogP contribution is 2.37. The average Bonchev–Trinajstić information content (AvgIpc) is 2.59. The van der Waals surface area contributed by atoms with Gasteiger partial charge < -0.3 is 5.11 Å². The summed E-state index contributed by atoms with van der Waals surface area (Å²) in [4.78, 5) is 0. The molecule has 0 aromatic carbocycles. The zero-order chi connectivity index (χ0) is 13.6. The van der Waals surface area contributed by atoms with E-state index >= 15 is 0 Å². The molecule has 18 heavy (non-hydrogen) atoms. The minimum atomic E-state index is -3.49. The van der Waals surface area contributed by atoms with Crippen LogP contribution in [0.3, 0.4) is 0 Å². The van der Waals surface area contributed by atoms with E-state index in [-0.39, 0.29) is 4.21 Å². The number of nitrogens with zero attached hydrogens (tertiary/aromatic N) is 1. The van der Waals surface area contributed by atoms with Gasteiger partial charge in [-0.2, -0.15) is 4.31 Å². The largest absolute Gasteiger partial charge is 0.390 e. The normalized spacial score (nSPS) is 21.1. The molecule has 0 spiro atoms. The number of hydrogen-bond acceptors (Lipinski definition) is 4. The number of piperidine rings is 1. The molecule has 0 bridgehead atoms. The second kappa shape index (κ2) is 5.03. The van der Waals surface area contributed by atoms with Gasteiger partial charge in [0, 0.05) is 13.1 Å². The van der Waals surface area contributed by atoms with Crippen molar-refractivity contribution < 1.29 is 13.5 Å². The predicted molar refractivity (Wildman–Crippen MR) is 75.6 cm³/mol. The number of aliphatic hydroxyl groups is 1. The fourth-order valence-electron chi connectivity index (χ4n) is 1.79. The highest BCUT2D eigenvalue weighted by Gasteiger charge is 2.34. The fraction of sp³-hybridized carbons (Fsp3) is 0.600. The van der Waals surface area contributed by atoms with E-state index in [0.717, 1.165) is 11.3 Å². The molecule has 0 saturated carbocycles. The fourth-order valence-corrected chi connectivity index (χ4v) is 5.78. The van der Waals surface area contributed by atoms with Gasteiger partial charge in [-0.05, 0) is 41.8 Å². The Morgan fingerprint density at radius 3 is 2.50 bits per heavy atom.